The van der Waals surface area contributed by atoms with Crippen LogP contribution in [0.15, 0.2) is 24.3 Å². The zero-order valence-electron chi connectivity index (χ0n) is 14.4. The van der Waals surface area contributed by atoms with E-state index in [1.807, 2.05) is 6.92 Å². The van der Waals surface area contributed by atoms with E-state index in [9.17, 15) is 9.59 Å². The lowest BCUT2D eigenvalue weighted by atomic mass is 10.1. The number of aryl methyl sites for hydroxylation is 1. The van der Waals surface area contributed by atoms with Crippen LogP contribution in [-0.4, -0.2) is 77.8 Å². The van der Waals surface area contributed by atoms with Gasteiger partial charge in [0, 0.05) is 31.9 Å². The molecule has 0 radical (unpaired) electrons. The molecule has 0 N–H and O–H groups in total. The number of nitrogens with zero attached hydrogens (tertiary/aromatic N) is 3. The van der Waals surface area contributed by atoms with E-state index in [0.717, 1.165) is 38.4 Å². The molecule has 0 saturated carbocycles. The number of morpholine rings is 1. The summed E-state index contributed by atoms with van der Waals surface area (Å²) in [4.78, 5) is 31.1. The van der Waals surface area contributed by atoms with Gasteiger partial charge in [-0.1, -0.05) is 29.8 Å². The number of carbonyl (C=O) groups excluding carboxylic acids is 2. The van der Waals surface area contributed by atoms with Crippen molar-refractivity contribution in [3.8, 4) is 0 Å². The Morgan fingerprint density at radius 1 is 1.12 bits per heavy atom. The Hall–Kier alpha value is -1.57. The fourth-order valence-electron chi connectivity index (χ4n) is 3.60. The van der Waals surface area contributed by atoms with Crippen LogP contribution < -0.4 is 0 Å². The predicted molar refractivity (Wildman–Crippen MR) is 96.4 cm³/mol. The Bertz CT molecular complexity index is 660. The maximum atomic E-state index is 12.9. The molecule has 6 nitrogen and oxygen atoms in total. The van der Waals surface area contributed by atoms with E-state index in [1.54, 1.807) is 16.7 Å². The van der Waals surface area contributed by atoms with Crippen LogP contribution >= 0.6 is 11.8 Å². The first kappa shape index (κ1) is 16.9. The second-order valence-corrected chi connectivity index (χ2v) is 7.86. The van der Waals surface area contributed by atoms with Gasteiger partial charge in [0.15, 0.2) is 0 Å². The molecule has 0 bridgehead atoms. The smallest absolute Gasteiger partial charge is 0.328 e. The molecule has 3 fully saturated rings. The Kier molecular flexibility index (Phi) is 4.71. The molecule has 3 aliphatic rings. The quantitative estimate of drug-likeness (QED) is 0.764. The molecule has 2 atom stereocenters. The highest BCUT2D eigenvalue weighted by Crippen LogP contribution is 2.45. The minimum absolute atomic E-state index is 0.0413. The molecule has 1 aromatic carbocycles. The summed E-state index contributed by atoms with van der Waals surface area (Å²) < 4.78 is 5.35. The average Bonchev–Trinajstić information content (AvgIpc) is 3.16. The minimum Gasteiger partial charge on any atom is -0.379 e. The molecule has 0 unspecified atom stereocenters. The summed E-state index contributed by atoms with van der Waals surface area (Å²) in [6.45, 7) is 6.42. The summed E-state index contributed by atoms with van der Waals surface area (Å²) in [7, 11) is 0. The molecule has 0 aromatic heterocycles. The van der Waals surface area contributed by atoms with Crippen LogP contribution in [0.3, 0.4) is 0 Å². The van der Waals surface area contributed by atoms with E-state index >= 15 is 0 Å². The molecule has 0 spiro atoms. The number of benzene rings is 1. The van der Waals surface area contributed by atoms with E-state index in [1.165, 1.54) is 10.5 Å². The van der Waals surface area contributed by atoms with Gasteiger partial charge in [0.25, 0.3) is 5.91 Å². The lowest BCUT2D eigenvalue weighted by Crippen LogP contribution is -2.43. The van der Waals surface area contributed by atoms with Crippen LogP contribution in [0.25, 0.3) is 0 Å². The van der Waals surface area contributed by atoms with Crippen LogP contribution in [0, 0.1) is 6.92 Å². The van der Waals surface area contributed by atoms with Crippen LogP contribution in [0.5, 0.6) is 0 Å². The molecule has 7 heteroatoms. The molecule has 3 saturated heterocycles. The topological polar surface area (TPSA) is 53.1 Å². The highest BCUT2D eigenvalue weighted by molar-refractivity contribution is 7.99. The van der Waals surface area contributed by atoms with Gasteiger partial charge in [0.1, 0.15) is 11.4 Å². The molecule has 25 heavy (non-hydrogen) atoms. The second kappa shape index (κ2) is 6.97. The molecule has 3 amide bonds. The van der Waals surface area contributed by atoms with Crippen molar-refractivity contribution in [3.63, 3.8) is 0 Å². The van der Waals surface area contributed by atoms with Gasteiger partial charge >= 0.3 is 6.03 Å². The third-order valence-corrected chi connectivity index (χ3v) is 6.43. The first-order chi connectivity index (χ1) is 12.1. The van der Waals surface area contributed by atoms with Crippen LogP contribution in [0.2, 0.25) is 0 Å². The first-order valence-corrected chi connectivity index (χ1v) is 9.82. The Labute approximate surface area is 152 Å². The summed E-state index contributed by atoms with van der Waals surface area (Å²) in [5.41, 5.74) is 2.29. The summed E-state index contributed by atoms with van der Waals surface area (Å²) in [5.74, 6) is 0.636. The lowest BCUT2D eigenvalue weighted by molar-refractivity contribution is -0.127. The summed E-state index contributed by atoms with van der Waals surface area (Å²) in [6.07, 6.45) is 0. The van der Waals surface area contributed by atoms with E-state index in [-0.39, 0.29) is 23.4 Å². The lowest BCUT2D eigenvalue weighted by Gasteiger charge is -2.28. The van der Waals surface area contributed by atoms with Crippen molar-refractivity contribution in [3.05, 3.63) is 35.4 Å². The monoisotopic (exact) mass is 361 g/mol. The number of fused-ring (bicyclic) bond motifs is 1. The number of thioether (sulfide) groups is 1. The van der Waals surface area contributed by atoms with Gasteiger partial charge in [-0.3, -0.25) is 19.5 Å². The Morgan fingerprint density at radius 3 is 2.56 bits per heavy atom. The van der Waals surface area contributed by atoms with Crippen LogP contribution in [0.4, 0.5) is 4.79 Å². The van der Waals surface area contributed by atoms with Gasteiger partial charge in [-0.2, -0.15) is 0 Å². The van der Waals surface area contributed by atoms with E-state index in [0.29, 0.717) is 12.3 Å². The molecule has 134 valence electrons. The summed E-state index contributed by atoms with van der Waals surface area (Å²) in [5, 5.41) is -0.0598. The maximum Gasteiger partial charge on any atom is 0.328 e. The molecule has 3 aliphatic heterocycles. The summed E-state index contributed by atoms with van der Waals surface area (Å²) in [6, 6.07) is 7.78. The van der Waals surface area contributed by atoms with Crippen molar-refractivity contribution in [1.82, 2.24) is 14.7 Å². The number of rotatable bonds is 4. The third kappa shape index (κ3) is 3.16. The summed E-state index contributed by atoms with van der Waals surface area (Å²) >= 11 is 1.68. The molecule has 1 aromatic rings. The fourth-order valence-corrected chi connectivity index (χ4v) is 5.02. The van der Waals surface area contributed by atoms with Crippen molar-refractivity contribution in [2.75, 3.05) is 45.1 Å². The van der Waals surface area contributed by atoms with E-state index < -0.39 is 0 Å². The number of amides is 3. The highest BCUT2D eigenvalue weighted by Gasteiger charge is 2.52. The third-order valence-electron chi connectivity index (χ3n) is 5.11. The molecular weight excluding hydrogens is 338 g/mol. The number of imide groups is 1. The normalized spacial score (nSPS) is 27.2. The predicted octanol–water partition coefficient (Wildman–Crippen LogP) is 1.71. The number of hydrogen-bond donors (Lipinski definition) is 0. The number of carbonyl (C=O) groups is 2. The van der Waals surface area contributed by atoms with Gasteiger partial charge in [0.2, 0.25) is 0 Å². The van der Waals surface area contributed by atoms with Crippen LogP contribution in [-0.2, 0) is 9.53 Å². The molecule has 4 rings (SSSR count). The maximum absolute atomic E-state index is 12.9. The highest BCUT2D eigenvalue weighted by atomic mass is 32.2. The zero-order valence-corrected chi connectivity index (χ0v) is 15.2. The number of urea groups is 1. The van der Waals surface area contributed by atoms with Gasteiger partial charge in [-0.15, -0.1) is 11.8 Å². The van der Waals surface area contributed by atoms with Gasteiger partial charge < -0.3 is 4.74 Å². The zero-order chi connectivity index (χ0) is 17.4. The van der Waals surface area contributed by atoms with Gasteiger partial charge in [0.05, 0.1) is 13.2 Å². The van der Waals surface area contributed by atoms with Gasteiger partial charge in [-0.05, 0) is 12.5 Å². The Morgan fingerprint density at radius 2 is 1.84 bits per heavy atom. The van der Waals surface area contributed by atoms with Crippen molar-refractivity contribution in [2.45, 2.75) is 18.3 Å². The largest absolute Gasteiger partial charge is 0.379 e. The second-order valence-electron chi connectivity index (χ2n) is 6.75. The van der Waals surface area contributed by atoms with E-state index in [4.69, 9.17) is 4.74 Å². The van der Waals surface area contributed by atoms with Crippen molar-refractivity contribution in [2.24, 2.45) is 0 Å². The minimum atomic E-state index is -0.312. The molecular formula is C18H23N3O3S. The van der Waals surface area contributed by atoms with Gasteiger partial charge in [-0.25, -0.2) is 4.79 Å². The van der Waals surface area contributed by atoms with E-state index in [2.05, 4.69) is 29.2 Å². The first-order valence-electron chi connectivity index (χ1n) is 8.77. The van der Waals surface area contributed by atoms with Crippen molar-refractivity contribution in [1.29, 1.82) is 0 Å². The van der Waals surface area contributed by atoms with Crippen molar-refractivity contribution >= 4 is 23.7 Å². The number of ether oxygens (including phenoxy) is 1. The average molecular weight is 361 g/mol. The molecule has 0 aliphatic carbocycles. The Balaban J connectivity index is 1.45. The molecule has 3 heterocycles. The SMILES string of the molecule is Cc1ccc([C@@H]2SC[C@H]3C(=O)N(CCN4CCOCC4)C(=O)N32)cc1. The standard InChI is InChI=1S/C18H23N3O3S/c1-13-2-4-14(5-3-13)17-21-15(12-25-17)16(22)20(18(21)23)7-6-19-8-10-24-11-9-19/h2-5,15,17H,6-12H2,1H3/t15-,17-/m0/s1. The fraction of sp³-hybridized carbons (Fsp3) is 0.556. The van der Waals surface area contributed by atoms with Crippen LogP contribution in [0.1, 0.15) is 16.5 Å². The van der Waals surface area contributed by atoms with Crippen molar-refractivity contribution < 1.29 is 14.3 Å². The number of hydrogen-bond acceptors (Lipinski definition) is 5.